The van der Waals surface area contributed by atoms with E-state index >= 15 is 0 Å². The van der Waals surface area contributed by atoms with Gasteiger partial charge in [0.25, 0.3) is 0 Å². The van der Waals surface area contributed by atoms with Gasteiger partial charge in [-0.05, 0) is 86.8 Å². The van der Waals surface area contributed by atoms with Gasteiger partial charge in [0.15, 0.2) is 0 Å². The van der Waals surface area contributed by atoms with E-state index in [1.165, 1.54) is 59.6 Å². The minimum Gasteiger partial charge on any atom is -0.310 e. The van der Waals surface area contributed by atoms with E-state index in [1.807, 2.05) is 11.3 Å². The molecule has 1 nitrogen and oxygen atoms in total. The third kappa shape index (κ3) is 3.00. The van der Waals surface area contributed by atoms with E-state index in [0.29, 0.717) is 0 Å². The van der Waals surface area contributed by atoms with E-state index < -0.39 is 0 Å². The highest BCUT2D eigenvalue weighted by Gasteiger charge is 2.53. The lowest BCUT2D eigenvalue weighted by atomic mass is 9.70. The van der Waals surface area contributed by atoms with E-state index in [1.54, 1.807) is 0 Å². The Balaban J connectivity index is 1.40. The van der Waals surface area contributed by atoms with Crippen molar-refractivity contribution in [3.63, 3.8) is 0 Å². The van der Waals surface area contributed by atoms with Gasteiger partial charge in [-0.3, -0.25) is 0 Å². The molecule has 1 heterocycles. The summed E-state index contributed by atoms with van der Waals surface area (Å²) in [5, 5.41) is 1.36. The minimum absolute atomic E-state index is 0.369. The van der Waals surface area contributed by atoms with Crippen molar-refractivity contribution in [1.29, 1.82) is 0 Å². The van der Waals surface area contributed by atoms with Crippen LogP contribution in [0.15, 0.2) is 152 Å². The van der Waals surface area contributed by atoms with Gasteiger partial charge in [-0.1, -0.05) is 109 Å². The number of rotatable bonds is 3. The lowest BCUT2D eigenvalue weighted by molar-refractivity contribution is 0.802. The number of thiophene rings is 1. The molecule has 41 heavy (non-hydrogen) atoms. The van der Waals surface area contributed by atoms with Crippen LogP contribution in [-0.2, 0) is 5.41 Å². The highest BCUT2D eigenvalue weighted by atomic mass is 32.1. The molecule has 2 aliphatic rings. The van der Waals surface area contributed by atoms with Crippen molar-refractivity contribution in [1.82, 2.24) is 0 Å². The highest BCUT2D eigenvalue weighted by molar-refractivity contribution is 7.22. The Morgan fingerprint density at radius 3 is 1.73 bits per heavy atom. The fraction of sp³-hybridized carbons (Fsp3) is 0.0256. The molecular weight excluding hydrogens is 515 g/mol. The van der Waals surface area contributed by atoms with Gasteiger partial charge in [-0.2, -0.15) is 0 Å². The maximum absolute atomic E-state index is 2.47. The van der Waals surface area contributed by atoms with Crippen molar-refractivity contribution in [3.8, 4) is 21.6 Å². The van der Waals surface area contributed by atoms with Crippen molar-refractivity contribution >= 4 is 38.5 Å². The van der Waals surface area contributed by atoms with Gasteiger partial charge in [0.2, 0.25) is 0 Å². The Bertz CT molecular complexity index is 2070. The zero-order valence-electron chi connectivity index (χ0n) is 22.3. The first-order valence-electron chi connectivity index (χ1n) is 14.1. The average Bonchev–Trinajstić information content (AvgIpc) is 3.66. The van der Waals surface area contributed by atoms with Crippen LogP contribution < -0.4 is 4.90 Å². The van der Waals surface area contributed by atoms with Gasteiger partial charge in [0.1, 0.15) is 0 Å². The number of nitrogens with zero attached hydrogens (tertiary/aromatic N) is 1. The first-order chi connectivity index (χ1) is 20.4. The van der Waals surface area contributed by atoms with Gasteiger partial charge < -0.3 is 4.90 Å². The Kier molecular flexibility index (Phi) is 4.76. The minimum atomic E-state index is -0.369. The zero-order chi connectivity index (χ0) is 27.0. The third-order valence-electron chi connectivity index (χ3n) is 8.86. The van der Waals surface area contributed by atoms with Gasteiger partial charge in [-0.25, -0.2) is 0 Å². The first-order valence-corrected chi connectivity index (χ1v) is 14.9. The highest BCUT2D eigenvalue weighted by Crippen LogP contribution is 2.66. The molecule has 9 rings (SSSR count). The quantitative estimate of drug-likeness (QED) is 0.216. The molecule has 1 unspecified atom stereocenters. The van der Waals surface area contributed by atoms with Gasteiger partial charge in [0, 0.05) is 26.6 Å². The Hall–Kier alpha value is -4.92. The van der Waals surface area contributed by atoms with E-state index in [4.69, 9.17) is 0 Å². The molecule has 0 N–H and O–H groups in total. The van der Waals surface area contributed by atoms with Gasteiger partial charge >= 0.3 is 0 Å². The first kappa shape index (κ1) is 22.9. The molecule has 7 aromatic rings. The van der Waals surface area contributed by atoms with Crippen LogP contribution in [0.2, 0.25) is 0 Å². The molecule has 0 aliphatic heterocycles. The summed E-state index contributed by atoms with van der Waals surface area (Å²) in [7, 11) is 0. The van der Waals surface area contributed by atoms with Crippen molar-refractivity contribution in [2.45, 2.75) is 5.41 Å². The molecule has 2 aliphatic carbocycles. The van der Waals surface area contributed by atoms with Crippen LogP contribution in [0.3, 0.4) is 0 Å². The lowest BCUT2D eigenvalue weighted by Crippen LogP contribution is -2.26. The van der Waals surface area contributed by atoms with E-state index in [2.05, 4.69) is 157 Å². The second-order valence-corrected chi connectivity index (χ2v) is 11.9. The lowest BCUT2D eigenvalue weighted by Gasteiger charge is -2.32. The predicted molar refractivity (Wildman–Crippen MR) is 173 cm³/mol. The number of anilines is 3. The second kappa shape index (κ2) is 8.54. The molecule has 192 valence electrons. The van der Waals surface area contributed by atoms with Crippen LogP contribution in [-0.4, -0.2) is 0 Å². The van der Waals surface area contributed by atoms with Crippen LogP contribution >= 0.6 is 11.3 Å². The molecule has 1 spiro atoms. The maximum atomic E-state index is 2.47. The fourth-order valence-electron chi connectivity index (χ4n) is 7.32. The summed E-state index contributed by atoms with van der Waals surface area (Å²) in [5.41, 5.74) is 12.7. The summed E-state index contributed by atoms with van der Waals surface area (Å²) >= 11 is 1.93. The molecule has 0 radical (unpaired) electrons. The van der Waals surface area contributed by atoms with Gasteiger partial charge in [-0.15, -0.1) is 11.3 Å². The van der Waals surface area contributed by atoms with Crippen LogP contribution in [0.1, 0.15) is 22.3 Å². The molecular formula is C39H25NS. The largest absolute Gasteiger partial charge is 0.310 e. The number of hydrogen-bond donors (Lipinski definition) is 0. The van der Waals surface area contributed by atoms with Crippen LogP contribution in [0.25, 0.3) is 31.7 Å². The average molecular weight is 540 g/mol. The van der Waals surface area contributed by atoms with Crippen LogP contribution in [0.5, 0.6) is 0 Å². The Morgan fingerprint density at radius 1 is 0.439 bits per heavy atom. The number of fused-ring (bicyclic) bond motifs is 12. The summed E-state index contributed by atoms with van der Waals surface area (Å²) in [6, 6.07) is 55.6. The number of para-hydroxylation sites is 2. The molecule has 1 aromatic heterocycles. The smallest absolute Gasteiger partial charge is 0.0740 e. The maximum Gasteiger partial charge on any atom is 0.0740 e. The van der Waals surface area contributed by atoms with Crippen LogP contribution in [0.4, 0.5) is 17.1 Å². The molecule has 6 aromatic carbocycles. The monoisotopic (exact) mass is 539 g/mol. The van der Waals surface area contributed by atoms with Crippen molar-refractivity contribution in [3.05, 3.63) is 174 Å². The molecule has 0 bridgehead atoms. The van der Waals surface area contributed by atoms with Crippen molar-refractivity contribution in [2.75, 3.05) is 4.90 Å². The molecule has 2 heteroatoms. The molecule has 0 saturated heterocycles. The molecule has 0 amide bonds. The summed E-state index contributed by atoms with van der Waals surface area (Å²) < 4.78 is 1.35. The summed E-state index contributed by atoms with van der Waals surface area (Å²) in [5.74, 6) is 0. The fourth-order valence-corrected chi connectivity index (χ4v) is 8.62. The van der Waals surface area contributed by atoms with Crippen molar-refractivity contribution < 1.29 is 0 Å². The number of benzene rings is 6. The van der Waals surface area contributed by atoms with Crippen LogP contribution in [0, 0.1) is 0 Å². The topological polar surface area (TPSA) is 3.24 Å². The second-order valence-electron chi connectivity index (χ2n) is 10.9. The summed E-state index contributed by atoms with van der Waals surface area (Å²) in [4.78, 5) is 3.78. The Morgan fingerprint density at radius 2 is 1.00 bits per heavy atom. The number of hydrogen-bond acceptors (Lipinski definition) is 2. The predicted octanol–water partition coefficient (Wildman–Crippen LogP) is 10.7. The molecule has 0 fully saturated rings. The molecule has 0 saturated carbocycles. The summed E-state index contributed by atoms with van der Waals surface area (Å²) in [6.45, 7) is 0. The van der Waals surface area contributed by atoms with Gasteiger partial charge in [0.05, 0.1) is 5.41 Å². The summed E-state index contributed by atoms with van der Waals surface area (Å²) in [6.07, 6.45) is 0. The van der Waals surface area contributed by atoms with Crippen molar-refractivity contribution in [2.24, 2.45) is 0 Å². The van der Waals surface area contributed by atoms with E-state index in [0.717, 1.165) is 11.4 Å². The Labute approximate surface area is 243 Å². The molecule has 1 atom stereocenters. The SMILES string of the molecule is c1ccc(N(c2ccccc2)c2ccc3c(c2)C2(c4ccccc4-3)c3ccccc3-c3sc4ccccc4c32)cc1. The zero-order valence-corrected chi connectivity index (χ0v) is 23.1. The van der Waals surface area contributed by atoms with E-state index in [-0.39, 0.29) is 5.41 Å². The normalized spacial score (nSPS) is 15.9. The third-order valence-corrected chi connectivity index (χ3v) is 10.1. The van der Waals surface area contributed by atoms with E-state index in [9.17, 15) is 0 Å². The standard InChI is InChI=1S/C39H25NS/c1-3-13-26(14-4-1)40(27-15-5-2-6-16-27)28-23-24-30-29-17-7-10-20-33(29)39(35(30)25-28)34-21-11-8-18-31(34)38-37(39)32-19-9-12-22-36(32)41-38/h1-25H.